The van der Waals surface area contributed by atoms with E-state index in [0.29, 0.717) is 22.6 Å². The number of hydrogen-bond acceptors (Lipinski definition) is 3. The Labute approximate surface area is 96.9 Å². The summed E-state index contributed by atoms with van der Waals surface area (Å²) in [5.41, 5.74) is 0.654. The molecule has 15 heavy (non-hydrogen) atoms. The minimum Gasteiger partial charge on any atom is -0.457 e. The molecule has 0 amide bonds. The molecule has 2 rings (SSSR count). The maximum Gasteiger partial charge on any atom is 0.179 e. The van der Waals surface area contributed by atoms with E-state index in [1.165, 1.54) is 6.26 Å². The van der Waals surface area contributed by atoms with Crippen molar-refractivity contribution in [3.05, 3.63) is 22.6 Å². The highest BCUT2D eigenvalue weighted by atomic mass is 79.9. The molecule has 1 saturated heterocycles. The molecule has 1 aliphatic heterocycles. The van der Waals surface area contributed by atoms with Crippen molar-refractivity contribution in [1.82, 2.24) is 0 Å². The summed E-state index contributed by atoms with van der Waals surface area (Å²) < 4.78 is 10.8. The maximum absolute atomic E-state index is 11.9. The molecule has 0 aromatic carbocycles. The molecule has 0 bridgehead atoms. The number of halogens is 1. The smallest absolute Gasteiger partial charge is 0.179 e. The van der Waals surface area contributed by atoms with E-state index in [1.54, 1.807) is 6.07 Å². The Morgan fingerprint density at radius 1 is 1.47 bits per heavy atom. The molecule has 1 aromatic rings. The van der Waals surface area contributed by atoms with Crippen molar-refractivity contribution in [2.75, 3.05) is 13.2 Å². The first-order valence-corrected chi connectivity index (χ1v) is 5.90. The number of carbonyl (C=O) groups excluding carboxylic acids is 1. The van der Waals surface area contributed by atoms with Crippen molar-refractivity contribution < 1.29 is 13.9 Å². The molecular formula is C11H13BrO3. The standard InChI is InChI=1S/C11H13BrO3/c12-11-9(3-6-15-11)10(13)7-8-1-4-14-5-2-8/h3,6,8H,1-2,4-5,7H2. The lowest BCUT2D eigenvalue weighted by atomic mass is 9.93. The van der Waals surface area contributed by atoms with Crippen molar-refractivity contribution >= 4 is 21.7 Å². The topological polar surface area (TPSA) is 39.4 Å². The van der Waals surface area contributed by atoms with Gasteiger partial charge in [0.2, 0.25) is 0 Å². The van der Waals surface area contributed by atoms with Crippen LogP contribution in [0.4, 0.5) is 0 Å². The van der Waals surface area contributed by atoms with Gasteiger partial charge in [0.15, 0.2) is 10.5 Å². The monoisotopic (exact) mass is 272 g/mol. The minimum atomic E-state index is 0.155. The van der Waals surface area contributed by atoms with E-state index < -0.39 is 0 Å². The molecule has 0 saturated carbocycles. The van der Waals surface area contributed by atoms with Crippen LogP contribution >= 0.6 is 15.9 Å². The molecule has 3 nitrogen and oxygen atoms in total. The van der Waals surface area contributed by atoms with Gasteiger partial charge in [0.1, 0.15) is 0 Å². The predicted molar refractivity (Wildman–Crippen MR) is 58.9 cm³/mol. The fraction of sp³-hybridized carbons (Fsp3) is 0.545. The molecule has 0 spiro atoms. The lowest BCUT2D eigenvalue weighted by Crippen LogP contribution is -2.18. The van der Waals surface area contributed by atoms with Crippen LogP contribution in [0.25, 0.3) is 0 Å². The summed E-state index contributed by atoms with van der Waals surface area (Å²) in [7, 11) is 0. The van der Waals surface area contributed by atoms with Crippen molar-refractivity contribution in [3.8, 4) is 0 Å². The van der Waals surface area contributed by atoms with Crippen molar-refractivity contribution in [3.63, 3.8) is 0 Å². The zero-order chi connectivity index (χ0) is 10.7. The Morgan fingerprint density at radius 2 is 2.20 bits per heavy atom. The van der Waals surface area contributed by atoms with E-state index in [1.807, 2.05) is 0 Å². The first-order valence-electron chi connectivity index (χ1n) is 5.11. The summed E-state index contributed by atoms with van der Waals surface area (Å²) in [6.07, 6.45) is 4.10. The Balaban J connectivity index is 1.94. The summed E-state index contributed by atoms with van der Waals surface area (Å²) in [6, 6.07) is 1.71. The van der Waals surface area contributed by atoms with Crippen molar-refractivity contribution in [2.24, 2.45) is 5.92 Å². The summed E-state index contributed by atoms with van der Waals surface area (Å²) in [5.74, 6) is 0.621. The Morgan fingerprint density at radius 3 is 2.80 bits per heavy atom. The van der Waals surface area contributed by atoms with Crippen LogP contribution in [-0.2, 0) is 4.74 Å². The van der Waals surface area contributed by atoms with Gasteiger partial charge in [-0.1, -0.05) is 0 Å². The van der Waals surface area contributed by atoms with Gasteiger partial charge < -0.3 is 9.15 Å². The van der Waals surface area contributed by atoms with E-state index in [4.69, 9.17) is 9.15 Å². The van der Waals surface area contributed by atoms with Gasteiger partial charge in [-0.25, -0.2) is 0 Å². The number of hydrogen-bond donors (Lipinski definition) is 0. The van der Waals surface area contributed by atoms with Crippen LogP contribution < -0.4 is 0 Å². The number of ketones is 1. The van der Waals surface area contributed by atoms with E-state index in [0.717, 1.165) is 26.1 Å². The Hall–Kier alpha value is -0.610. The van der Waals surface area contributed by atoms with Gasteiger partial charge in [-0.2, -0.15) is 0 Å². The van der Waals surface area contributed by atoms with Crippen LogP contribution in [0.2, 0.25) is 0 Å². The average Bonchev–Trinajstić information content (AvgIpc) is 2.66. The average molecular weight is 273 g/mol. The van der Waals surface area contributed by atoms with Gasteiger partial charge in [-0.05, 0) is 40.8 Å². The summed E-state index contributed by atoms with van der Waals surface area (Å²) >= 11 is 3.22. The maximum atomic E-state index is 11.9. The van der Waals surface area contributed by atoms with Gasteiger partial charge in [-0.3, -0.25) is 4.79 Å². The number of carbonyl (C=O) groups is 1. The first kappa shape index (κ1) is 10.9. The zero-order valence-corrected chi connectivity index (χ0v) is 9.96. The number of ether oxygens (including phenoxy) is 1. The van der Waals surface area contributed by atoms with Crippen LogP contribution in [-0.4, -0.2) is 19.0 Å². The number of furan rings is 1. The molecule has 0 atom stereocenters. The minimum absolute atomic E-state index is 0.155. The van der Waals surface area contributed by atoms with E-state index in [9.17, 15) is 4.79 Å². The zero-order valence-electron chi connectivity index (χ0n) is 8.37. The van der Waals surface area contributed by atoms with Crippen LogP contribution in [0.3, 0.4) is 0 Å². The Kier molecular flexibility index (Phi) is 3.59. The molecule has 4 heteroatoms. The fourth-order valence-corrected chi connectivity index (χ4v) is 2.28. The molecule has 1 aromatic heterocycles. The van der Waals surface area contributed by atoms with Gasteiger partial charge in [-0.15, -0.1) is 0 Å². The largest absolute Gasteiger partial charge is 0.457 e. The van der Waals surface area contributed by atoms with Crippen LogP contribution in [0.15, 0.2) is 21.4 Å². The number of rotatable bonds is 3. The fourth-order valence-electron chi connectivity index (χ4n) is 1.82. The molecule has 1 fully saturated rings. The molecule has 0 radical (unpaired) electrons. The Bertz CT molecular complexity index is 339. The molecule has 0 aliphatic carbocycles. The summed E-state index contributed by atoms with van der Waals surface area (Å²) in [6.45, 7) is 1.56. The van der Waals surface area contributed by atoms with Crippen molar-refractivity contribution in [1.29, 1.82) is 0 Å². The first-order chi connectivity index (χ1) is 7.27. The highest BCUT2D eigenvalue weighted by molar-refractivity contribution is 9.10. The number of Topliss-reactive ketones (excluding diaryl/α,β-unsaturated/α-hetero) is 1. The van der Waals surface area contributed by atoms with E-state index in [-0.39, 0.29) is 5.78 Å². The third-order valence-electron chi connectivity index (χ3n) is 2.73. The third-order valence-corrected chi connectivity index (χ3v) is 3.35. The molecule has 0 unspecified atom stereocenters. The predicted octanol–water partition coefficient (Wildman–Crippen LogP) is 3.04. The second kappa shape index (κ2) is 4.94. The molecule has 0 N–H and O–H groups in total. The van der Waals surface area contributed by atoms with Gasteiger partial charge in [0.25, 0.3) is 0 Å². The van der Waals surface area contributed by atoms with Crippen LogP contribution in [0, 0.1) is 5.92 Å². The lowest BCUT2D eigenvalue weighted by molar-refractivity contribution is 0.0600. The second-order valence-electron chi connectivity index (χ2n) is 3.79. The highest BCUT2D eigenvalue weighted by Crippen LogP contribution is 2.24. The second-order valence-corrected chi connectivity index (χ2v) is 4.51. The van der Waals surface area contributed by atoms with Crippen LogP contribution in [0.5, 0.6) is 0 Å². The molecule has 1 aliphatic rings. The molecular weight excluding hydrogens is 260 g/mol. The highest BCUT2D eigenvalue weighted by Gasteiger charge is 2.20. The van der Waals surface area contributed by atoms with Gasteiger partial charge >= 0.3 is 0 Å². The van der Waals surface area contributed by atoms with Crippen LogP contribution in [0.1, 0.15) is 29.6 Å². The van der Waals surface area contributed by atoms with Gasteiger partial charge in [0.05, 0.1) is 11.8 Å². The summed E-state index contributed by atoms with van der Waals surface area (Å²) in [4.78, 5) is 11.9. The summed E-state index contributed by atoms with van der Waals surface area (Å²) in [5, 5.41) is 0. The van der Waals surface area contributed by atoms with E-state index in [2.05, 4.69) is 15.9 Å². The lowest BCUT2D eigenvalue weighted by Gasteiger charge is -2.20. The molecule has 82 valence electrons. The normalized spacial score (nSPS) is 17.9. The quantitative estimate of drug-likeness (QED) is 0.794. The van der Waals surface area contributed by atoms with Gasteiger partial charge in [0, 0.05) is 19.6 Å². The van der Waals surface area contributed by atoms with E-state index >= 15 is 0 Å². The van der Waals surface area contributed by atoms with Crippen molar-refractivity contribution in [2.45, 2.75) is 19.3 Å². The SMILES string of the molecule is O=C(CC1CCOCC1)c1ccoc1Br. The third kappa shape index (κ3) is 2.69. The molecule has 2 heterocycles.